The molecule has 1 aromatic heterocycles. The molecule has 0 aliphatic heterocycles. The number of methoxy groups -OCH3 is 1. The monoisotopic (exact) mass is 291 g/mol. The van der Waals surface area contributed by atoms with Crippen molar-refractivity contribution >= 4 is 0 Å². The van der Waals surface area contributed by atoms with Crippen molar-refractivity contribution in [1.29, 1.82) is 0 Å². The molecule has 0 atom stereocenters. The molecule has 0 unspecified atom stereocenters. The van der Waals surface area contributed by atoms with E-state index in [1.165, 1.54) is 12.3 Å². The summed E-state index contributed by atoms with van der Waals surface area (Å²) in [7, 11) is 1.60. The molecule has 0 bridgehead atoms. The molecule has 0 saturated heterocycles. The zero-order valence-corrected chi connectivity index (χ0v) is 11.7. The van der Waals surface area contributed by atoms with Crippen LogP contribution < -0.4 is 19.6 Å². The molecule has 0 amide bonds. The van der Waals surface area contributed by atoms with Gasteiger partial charge >= 0.3 is 0 Å². The third kappa shape index (κ3) is 4.25. The first-order valence-corrected chi connectivity index (χ1v) is 6.45. The molecule has 0 fully saturated rings. The molecule has 112 valence electrons. The number of H-pyrrole nitrogens is 1. The summed E-state index contributed by atoms with van der Waals surface area (Å²) in [5, 5.41) is 8.89. The van der Waals surface area contributed by atoms with Crippen molar-refractivity contribution in [2.24, 2.45) is 0 Å². The Morgan fingerprint density at radius 3 is 2.38 bits per heavy atom. The first-order chi connectivity index (χ1) is 10.2. The van der Waals surface area contributed by atoms with Gasteiger partial charge in [0.1, 0.15) is 24.7 Å². The molecule has 21 heavy (non-hydrogen) atoms. The molecule has 0 aliphatic rings. The van der Waals surface area contributed by atoms with Gasteiger partial charge in [-0.25, -0.2) is 0 Å². The Balaban J connectivity index is 1.80. The maximum absolute atomic E-state index is 11.6. The first kappa shape index (κ1) is 14.9. The van der Waals surface area contributed by atoms with E-state index in [9.17, 15) is 4.79 Å². The van der Waals surface area contributed by atoms with Crippen LogP contribution in [-0.4, -0.2) is 30.4 Å². The highest BCUT2D eigenvalue weighted by Crippen LogP contribution is 2.16. The minimum atomic E-state index is -0.276. The van der Waals surface area contributed by atoms with E-state index in [4.69, 9.17) is 19.3 Å². The largest absolute Gasteiger partial charge is 0.497 e. The molecule has 0 spiro atoms. The van der Waals surface area contributed by atoms with Gasteiger partial charge in [0, 0.05) is 18.0 Å². The maximum Gasteiger partial charge on any atom is 0.223 e. The summed E-state index contributed by atoms with van der Waals surface area (Å²) in [6, 6.07) is 8.49. The Kier molecular flexibility index (Phi) is 5.22. The minimum Gasteiger partial charge on any atom is -0.497 e. The Hall–Kier alpha value is -2.47. The predicted octanol–water partition coefficient (Wildman–Crippen LogP) is 1.33. The van der Waals surface area contributed by atoms with E-state index in [0.29, 0.717) is 18.1 Å². The third-order valence-corrected chi connectivity index (χ3v) is 2.78. The number of pyridine rings is 1. The van der Waals surface area contributed by atoms with E-state index in [1.807, 2.05) is 0 Å². The quantitative estimate of drug-likeness (QED) is 0.752. The lowest BCUT2D eigenvalue weighted by Crippen LogP contribution is -2.14. The van der Waals surface area contributed by atoms with Crippen LogP contribution in [0.5, 0.6) is 17.2 Å². The standard InChI is InChI=1S/C15H17NO5/c1-19-12-2-4-13(5-3-12)20-6-7-21-15-9-16-11(10-17)8-14(15)18/h2-5,8-9,17H,6-7,10H2,1H3,(H,16,18). The fourth-order valence-corrected chi connectivity index (χ4v) is 1.69. The molecule has 0 aliphatic carbocycles. The Labute approximate surface area is 121 Å². The number of benzene rings is 1. The summed E-state index contributed by atoms with van der Waals surface area (Å²) in [6.07, 6.45) is 1.43. The Bertz CT molecular complexity index is 621. The lowest BCUT2D eigenvalue weighted by atomic mass is 10.3. The first-order valence-electron chi connectivity index (χ1n) is 6.45. The number of rotatable bonds is 7. The highest BCUT2D eigenvalue weighted by atomic mass is 16.5. The number of aliphatic hydroxyl groups excluding tert-OH is 1. The number of nitrogens with one attached hydrogen (secondary N) is 1. The molecular weight excluding hydrogens is 274 g/mol. The molecule has 2 rings (SSSR count). The second kappa shape index (κ2) is 7.35. The minimum absolute atomic E-state index is 0.200. The van der Waals surface area contributed by atoms with Crippen LogP contribution in [0.4, 0.5) is 0 Å². The van der Waals surface area contributed by atoms with Crippen molar-refractivity contribution < 1.29 is 19.3 Å². The number of hydrogen-bond acceptors (Lipinski definition) is 5. The molecule has 0 radical (unpaired) electrons. The third-order valence-electron chi connectivity index (χ3n) is 2.78. The van der Waals surface area contributed by atoms with Crippen molar-refractivity contribution in [3.8, 4) is 17.2 Å². The van der Waals surface area contributed by atoms with Crippen molar-refractivity contribution in [2.75, 3.05) is 20.3 Å². The van der Waals surface area contributed by atoms with Crippen molar-refractivity contribution in [3.05, 3.63) is 52.4 Å². The summed E-state index contributed by atoms with van der Waals surface area (Å²) in [6.45, 7) is 0.344. The van der Waals surface area contributed by atoms with Gasteiger partial charge in [-0.05, 0) is 24.3 Å². The topological polar surface area (TPSA) is 80.8 Å². The summed E-state index contributed by atoms with van der Waals surface area (Å²) in [5.41, 5.74) is 0.170. The van der Waals surface area contributed by atoms with Crippen LogP contribution in [0.3, 0.4) is 0 Å². The molecular formula is C15H17NO5. The molecule has 6 nitrogen and oxygen atoms in total. The van der Waals surface area contributed by atoms with Crippen molar-refractivity contribution in [3.63, 3.8) is 0 Å². The van der Waals surface area contributed by atoms with Crippen LogP contribution in [0.15, 0.2) is 41.3 Å². The van der Waals surface area contributed by atoms with E-state index in [-0.39, 0.29) is 24.4 Å². The zero-order valence-electron chi connectivity index (χ0n) is 11.7. The van der Waals surface area contributed by atoms with Crippen LogP contribution in [0.25, 0.3) is 0 Å². The van der Waals surface area contributed by atoms with Gasteiger partial charge in [0.15, 0.2) is 5.75 Å². The fraction of sp³-hybridized carbons (Fsp3) is 0.267. The van der Waals surface area contributed by atoms with E-state index in [0.717, 1.165) is 5.75 Å². The molecule has 0 saturated carbocycles. The normalized spacial score (nSPS) is 10.2. The maximum atomic E-state index is 11.6. The zero-order chi connectivity index (χ0) is 15.1. The van der Waals surface area contributed by atoms with Crippen LogP contribution >= 0.6 is 0 Å². The number of hydrogen-bond donors (Lipinski definition) is 2. The van der Waals surface area contributed by atoms with E-state index < -0.39 is 0 Å². The van der Waals surface area contributed by atoms with Gasteiger partial charge in [0.05, 0.1) is 13.7 Å². The van der Waals surface area contributed by atoms with Gasteiger partial charge in [-0.15, -0.1) is 0 Å². The van der Waals surface area contributed by atoms with E-state index in [1.54, 1.807) is 31.4 Å². The van der Waals surface area contributed by atoms with E-state index >= 15 is 0 Å². The number of aromatic amines is 1. The molecule has 2 aromatic rings. The van der Waals surface area contributed by atoms with E-state index in [2.05, 4.69) is 4.98 Å². The van der Waals surface area contributed by atoms with Crippen LogP contribution in [0.2, 0.25) is 0 Å². The second-order valence-electron chi connectivity index (χ2n) is 4.22. The second-order valence-corrected chi connectivity index (χ2v) is 4.22. The Morgan fingerprint density at radius 1 is 1.10 bits per heavy atom. The predicted molar refractivity (Wildman–Crippen MR) is 77.0 cm³/mol. The Morgan fingerprint density at radius 2 is 1.76 bits per heavy atom. The van der Waals surface area contributed by atoms with Crippen LogP contribution in [0, 0.1) is 0 Å². The van der Waals surface area contributed by atoms with Gasteiger partial charge in [-0.1, -0.05) is 0 Å². The number of ether oxygens (including phenoxy) is 3. The molecule has 1 heterocycles. The summed E-state index contributed by atoms with van der Waals surface area (Å²) in [5.74, 6) is 1.66. The number of aromatic nitrogens is 1. The lowest BCUT2D eigenvalue weighted by Gasteiger charge is -2.08. The average molecular weight is 291 g/mol. The highest BCUT2D eigenvalue weighted by molar-refractivity contribution is 5.31. The summed E-state index contributed by atoms with van der Waals surface area (Å²) >= 11 is 0. The van der Waals surface area contributed by atoms with Crippen LogP contribution in [0.1, 0.15) is 5.69 Å². The summed E-state index contributed by atoms with van der Waals surface area (Å²) in [4.78, 5) is 14.4. The fourth-order valence-electron chi connectivity index (χ4n) is 1.69. The smallest absolute Gasteiger partial charge is 0.223 e. The van der Waals surface area contributed by atoms with Gasteiger partial charge in [0.25, 0.3) is 0 Å². The van der Waals surface area contributed by atoms with Crippen molar-refractivity contribution in [1.82, 2.24) is 4.98 Å². The van der Waals surface area contributed by atoms with Crippen LogP contribution in [-0.2, 0) is 6.61 Å². The number of aliphatic hydroxyl groups is 1. The highest BCUT2D eigenvalue weighted by Gasteiger charge is 2.02. The lowest BCUT2D eigenvalue weighted by molar-refractivity contribution is 0.215. The van der Waals surface area contributed by atoms with Crippen molar-refractivity contribution in [2.45, 2.75) is 6.61 Å². The van der Waals surface area contributed by atoms with Gasteiger partial charge in [0.2, 0.25) is 5.43 Å². The molecule has 6 heteroatoms. The molecule has 2 N–H and O–H groups in total. The van der Waals surface area contributed by atoms with Gasteiger partial charge < -0.3 is 24.3 Å². The molecule has 1 aromatic carbocycles. The average Bonchev–Trinajstić information content (AvgIpc) is 2.53. The SMILES string of the molecule is COc1ccc(OCCOc2c[nH]c(CO)cc2=O)cc1. The summed E-state index contributed by atoms with van der Waals surface area (Å²) < 4.78 is 15.9. The van der Waals surface area contributed by atoms with Gasteiger partial charge in [-0.3, -0.25) is 4.79 Å². The van der Waals surface area contributed by atoms with Gasteiger partial charge in [-0.2, -0.15) is 0 Å².